The maximum Gasteiger partial charge on any atom is 0.140 e. The second kappa shape index (κ2) is 6.85. The van der Waals surface area contributed by atoms with E-state index in [1.165, 1.54) is 5.56 Å². The Morgan fingerprint density at radius 3 is 2.88 bits per heavy atom. The van der Waals surface area contributed by atoms with Gasteiger partial charge in [0.2, 0.25) is 0 Å². The maximum absolute atomic E-state index is 8.51. The molecule has 1 aromatic rings. The van der Waals surface area contributed by atoms with Crippen LogP contribution in [0.5, 0.6) is 0 Å². The number of nitrogens with two attached hydrogens (primary N) is 1. The monoisotopic (exact) mass is 236 g/mol. The quantitative estimate of drug-likeness (QED) is 0.339. The van der Waals surface area contributed by atoms with E-state index < -0.39 is 0 Å². The fourth-order valence-corrected chi connectivity index (χ4v) is 1.55. The Balaban J connectivity index is 2.55. The molecule has 0 aliphatic rings. The number of hydrogen-bond donors (Lipinski definition) is 2. The molecule has 0 saturated carbocycles. The molecule has 1 rings (SSSR count). The molecular weight excluding hydrogens is 216 g/mol. The van der Waals surface area contributed by atoms with Crippen LogP contribution in [0.3, 0.4) is 0 Å². The van der Waals surface area contributed by atoms with Crippen molar-refractivity contribution >= 4 is 5.84 Å². The summed E-state index contributed by atoms with van der Waals surface area (Å²) in [5, 5.41) is 11.5. The fourth-order valence-electron chi connectivity index (χ4n) is 1.55. The molecule has 0 aromatic carbocycles. The van der Waals surface area contributed by atoms with E-state index in [1.807, 2.05) is 18.3 Å². The summed E-state index contributed by atoms with van der Waals surface area (Å²) in [5.41, 5.74) is 6.64. The molecule has 0 fully saturated rings. The zero-order chi connectivity index (χ0) is 12.7. The number of oxime groups is 1. The largest absolute Gasteiger partial charge is 0.409 e. The second-order valence-corrected chi connectivity index (χ2v) is 4.27. The molecule has 0 unspecified atom stereocenters. The third-order valence-corrected chi connectivity index (χ3v) is 2.62. The molecule has 0 amide bonds. The normalized spacial score (nSPS) is 12.4. The van der Waals surface area contributed by atoms with Crippen LogP contribution in [-0.2, 0) is 6.54 Å². The molecule has 94 valence electrons. The van der Waals surface area contributed by atoms with Crippen molar-refractivity contribution in [3.8, 4) is 0 Å². The molecule has 5 heteroatoms. The van der Waals surface area contributed by atoms with Crippen molar-refractivity contribution in [2.45, 2.75) is 32.9 Å². The second-order valence-electron chi connectivity index (χ2n) is 4.27. The summed E-state index contributed by atoms with van der Waals surface area (Å²) in [6.07, 6.45) is 4.19. The van der Waals surface area contributed by atoms with E-state index in [0.717, 1.165) is 13.1 Å². The van der Waals surface area contributed by atoms with Gasteiger partial charge in [0.15, 0.2) is 0 Å². The van der Waals surface area contributed by atoms with Crippen LogP contribution in [0.4, 0.5) is 0 Å². The number of rotatable bonds is 6. The lowest BCUT2D eigenvalue weighted by Gasteiger charge is -2.26. The van der Waals surface area contributed by atoms with E-state index in [1.54, 1.807) is 6.20 Å². The molecule has 0 aliphatic carbocycles. The van der Waals surface area contributed by atoms with Crippen LogP contribution in [0.1, 0.15) is 25.8 Å². The number of amidine groups is 1. The zero-order valence-electron chi connectivity index (χ0n) is 10.4. The summed E-state index contributed by atoms with van der Waals surface area (Å²) in [6, 6.07) is 4.38. The maximum atomic E-state index is 8.51. The van der Waals surface area contributed by atoms with Crippen LogP contribution in [0, 0.1) is 0 Å². The van der Waals surface area contributed by atoms with Crippen LogP contribution >= 0.6 is 0 Å². The Bertz CT molecular complexity index is 351. The Morgan fingerprint density at radius 2 is 2.35 bits per heavy atom. The Kier molecular flexibility index (Phi) is 5.42. The predicted molar refractivity (Wildman–Crippen MR) is 67.8 cm³/mol. The van der Waals surface area contributed by atoms with Crippen molar-refractivity contribution in [2.24, 2.45) is 10.9 Å². The van der Waals surface area contributed by atoms with Crippen molar-refractivity contribution in [2.75, 3.05) is 6.54 Å². The number of hydrogen-bond acceptors (Lipinski definition) is 4. The van der Waals surface area contributed by atoms with Gasteiger partial charge in [0.05, 0.1) is 0 Å². The summed E-state index contributed by atoms with van der Waals surface area (Å²) in [7, 11) is 0. The third kappa shape index (κ3) is 4.82. The molecule has 0 radical (unpaired) electrons. The van der Waals surface area contributed by atoms with Crippen LogP contribution in [-0.4, -0.2) is 33.5 Å². The standard InChI is InChI=1S/C12H20N4O/c1-10(2)16(7-5-12(13)15-17)9-11-4-3-6-14-8-11/h3-4,6,8,10,17H,5,7,9H2,1-2H3,(H2,13,15). The molecular formula is C12H20N4O. The first kappa shape index (κ1) is 13.4. The molecule has 0 saturated heterocycles. The highest BCUT2D eigenvalue weighted by Crippen LogP contribution is 2.07. The lowest BCUT2D eigenvalue weighted by atomic mass is 10.2. The van der Waals surface area contributed by atoms with E-state index in [-0.39, 0.29) is 5.84 Å². The summed E-state index contributed by atoms with van der Waals surface area (Å²) < 4.78 is 0. The van der Waals surface area contributed by atoms with Crippen LogP contribution in [0.15, 0.2) is 29.7 Å². The molecule has 5 nitrogen and oxygen atoms in total. The Hall–Kier alpha value is -1.62. The van der Waals surface area contributed by atoms with Crippen molar-refractivity contribution in [3.63, 3.8) is 0 Å². The number of nitrogens with zero attached hydrogens (tertiary/aromatic N) is 3. The minimum absolute atomic E-state index is 0.266. The van der Waals surface area contributed by atoms with Gasteiger partial charge in [0.1, 0.15) is 5.84 Å². The van der Waals surface area contributed by atoms with Gasteiger partial charge >= 0.3 is 0 Å². The molecule has 0 spiro atoms. The number of aromatic nitrogens is 1. The molecule has 0 aliphatic heterocycles. The van der Waals surface area contributed by atoms with Gasteiger partial charge < -0.3 is 10.9 Å². The highest BCUT2D eigenvalue weighted by molar-refractivity contribution is 5.79. The number of pyridine rings is 1. The van der Waals surface area contributed by atoms with Gasteiger partial charge in [-0.05, 0) is 25.5 Å². The first-order valence-electron chi connectivity index (χ1n) is 5.73. The van der Waals surface area contributed by atoms with Gasteiger partial charge in [-0.1, -0.05) is 11.2 Å². The fraction of sp³-hybridized carbons (Fsp3) is 0.500. The highest BCUT2D eigenvalue weighted by atomic mass is 16.4. The van der Waals surface area contributed by atoms with Gasteiger partial charge in [0.25, 0.3) is 0 Å². The lowest BCUT2D eigenvalue weighted by Crippen LogP contribution is -2.33. The summed E-state index contributed by atoms with van der Waals surface area (Å²) in [6.45, 7) is 5.85. The van der Waals surface area contributed by atoms with E-state index >= 15 is 0 Å². The van der Waals surface area contributed by atoms with E-state index in [2.05, 4.69) is 28.9 Å². The average Bonchev–Trinajstić information content (AvgIpc) is 2.34. The average molecular weight is 236 g/mol. The van der Waals surface area contributed by atoms with Gasteiger partial charge in [-0.15, -0.1) is 0 Å². The topological polar surface area (TPSA) is 74.7 Å². The Labute approximate surface area is 102 Å². The zero-order valence-corrected chi connectivity index (χ0v) is 10.4. The van der Waals surface area contributed by atoms with Crippen molar-refractivity contribution in [1.82, 2.24) is 9.88 Å². The third-order valence-electron chi connectivity index (χ3n) is 2.62. The predicted octanol–water partition coefficient (Wildman–Crippen LogP) is 1.43. The van der Waals surface area contributed by atoms with Gasteiger partial charge in [-0.3, -0.25) is 9.88 Å². The van der Waals surface area contributed by atoms with Crippen molar-refractivity contribution in [1.29, 1.82) is 0 Å². The summed E-state index contributed by atoms with van der Waals surface area (Å²) in [4.78, 5) is 6.35. The SMILES string of the molecule is CC(C)N(CC/C(N)=N/O)Cc1cccnc1. The van der Waals surface area contributed by atoms with Gasteiger partial charge in [-0.25, -0.2) is 0 Å². The van der Waals surface area contributed by atoms with Gasteiger partial charge in [0, 0.05) is 37.9 Å². The first-order chi connectivity index (χ1) is 8.13. The molecule has 17 heavy (non-hydrogen) atoms. The van der Waals surface area contributed by atoms with E-state index in [4.69, 9.17) is 10.9 Å². The van der Waals surface area contributed by atoms with Crippen molar-refractivity contribution < 1.29 is 5.21 Å². The van der Waals surface area contributed by atoms with Crippen LogP contribution in [0.25, 0.3) is 0 Å². The van der Waals surface area contributed by atoms with Gasteiger partial charge in [-0.2, -0.15) is 0 Å². The molecule has 0 atom stereocenters. The molecule has 0 bridgehead atoms. The summed E-state index contributed by atoms with van der Waals surface area (Å²) in [5.74, 6) is 0.266. The molecule has 3 N–H and O–H groups in total. The Morgan fingerprint density at radius 1 is 1.59 bits per heavy atom. The van der Waals surface area contributed by atoms with E-state index in [0.29, 0.717) is 12.5 Å². The molecule has 1 heterocycles. The minimum atomic E-state index is 0.266. The first-order valence-corrected chi connectivity index (χ1v) is 5.73. The highest BCUT2D eigenvalue weighted by Gasteiger charge is 2.10. The summed E-state index contributed by atoms with van der Waals surface area (Å²) >= 11 is 0. The van der Waals surface area contributed by atoms with E-state index in [9.17, 15) is 0 Å². The molecule has 1 aromatic heterocycles. The minimum Gasteiger partial charge on any atom is -0.409 e. The smallest absolute Gasteiger partial charge is 0.140 e. The van der Waals surface area contributed by atoms with Crippen molar-refractivity contribution in [3.05, 3.63) is 30.1 Å². The van der Waals surface area contributed by atoms with Crippen LogP contribution in [0.2, 0.25) is 0 Å². The lowest BCUT2D eigenvalue weighted by molar-refractivity contribution is 0.217. The van der Waals surface area contributed by atoms with Crippen LogP contribution < -0.4 is 5.73 Å².